The summed E-state index contributed by atoms with van der Waals surface area (Å²) in [5, 5.41) is 14.1. The topological polar surface area (TPSA) is 83.4 Å². The van der Waals surface area contributed by atoms with Crippen LogP contribution in [-0.2, 0) is 4.79 Å². The van der Waals surface area contributed by atoms with Gasteiger partial charge in [-0.25, -0.2) is 9.37 Å². The van der Waals surface area contributed by atoms with Crippen LogP contribution in [0.15, 0.2) is 54.4 Å². The Bertz CT molecular complexity index is 1230. The maximum Gasteiger partial charge on any atom is 0.228 e. The molecule has 1 saturated heterocycles. The van der Waals surface area contributed by atoms with Gasteiger partial charge < -0.3 is 16.0 Å². The number of hydrogen-bond donors (Lipinski definition) is 3. The molecule has 8 heteroatoms. The molecule has 1 aliphatic heterocycles. The van der Waals surface area contributed by atoms with Crippen molar-refractivity contribution in [3.8, 4) is 0 Å². The van der Waals surface area contributed by atoms with Gasteiger partial charge in [-0.3, -0.25) is 4.79 Å². The minimum Gasteiger partial charge on any atom is -0.367 e. The molecular weight excluding hydrogens is 395 g/mol. The van der Waals surface area contributed by atoms with Crippen LogP contribution in [0, 0.1) is 5.82 Å². The van der Waals surface area contributed by atoms with E-state index in [1.807, 2.05) is 25.1 Å². The lowest BCUT2D eigenvalue weighted by molar-refractivity contribution is -0.118. The molecule has 2 aromatic heterocycles. The lowest BCUT2D eigenvalue weighted by Crippen LogP contribution is -2.12. The summed E-state index contributed by atoms with van der Waals surface area (Å²) in [6.45, 7) is 5.87. The van der Waals surface area contributed by atoms with Crippen LogP contribution in [0.5, 0.6) is 0 Å². The molecule has 7 nitrogen and oxygen atoms in total. The van der Waals surface area contributed by atoms with Crippen LogP contribution in [-0.4, -0.2) is 26.5 Å². The van der Waals surface area contributed by atoms with Crippen molar-refractivity contribution in [2.45, 2.75) is 38.3 Å². The van der Waals surface area contributed by atoms with E-state index in [0.29, 0.717) is 23.2 Å². The number of benzene rings is 1. The highest BCUT2D eigenvalue weighted by atomic mass is 19.1. The first-order valence-corrected chi connectivity index (χ1v) is 10.3. The number of carbonyl (C=O) groups is 1. The lowest BCUT2D eigenvalue weighted by Gasteiger charge is -2.17. The Morgan fingerprint density at radius 3 is 2.90 bits per heavy atom. The Labute approximate surface area is 179 Å². The number of aromatic nitrogens is 3. The molecule has 0 spiro atoms. The highest BCUT2D eigenvalue weighted by Gasteiger charge is 2.24. The predicted octanol–water partition coefficient (Wildman–Crippen LogP) is 4.03. The number of halogens is 1. The van der Waals surface area contributed by atoms with E-state index in [9.17, 15) is 9.18 Å². The second kappa shape index (κ2) is 7.54. The van der Waals surface area contributed by atoms with Gasteiger partial charge in [-0.1, -0.05) is 18.7 Å². The number of carbonyl (C=O) groups excluding carboxylic acids is 1. The molecule has 1 aliphatic carbocycles. The summed E-state index contributed by atoms with van der Waals surface area (Å²) in [7, 11) is 0. The minimum absolute atomic E-state index is 0.0666. The zero-order valence-corrected chi connectivity index (χ0v) is 17.2. The molecule has 2 fully saturated rings. The molecule has 2 aliphatic rings. The van der Waals surface area contributed by atoms with Crippen LogP contribution in [0.4, 0.5) is 16.0 Å². The first-order valence-electron chi connectivity index (χ1n) is 10.3. The first-order chi connectivity index (χ1) is 15.0. The van der Waals surface area contributed by atoms with Gasteiger partial charge in [0.15, 0.2) is 5.65 Å². The Morgan fingerprint density at radius 2 is 2.19 bits per heavy atom. The van der Waals surface area contributed by atoms with Gasteiger partial charge in [-0.15, -0.1) is 0 Å². The smallest absolute Gasteiger partial charge is 0.228 e. The van der Waals surface area contributed by atoms with Crippen molar-refractivity contribution in [1.82, 2.24) is 19.9 Å². The van der Waals surface area contributed by atoms with Gasteiger partial charge in [0.1, 0.15) is 17.5 Å². The van der Waals surface area contributed by atoms with Crippen molar-refractivity contribution in [2.24, 2.45) is 0 Å². The number of amides is 1. The summed E-state index contributed by atoms with van der Waals surface area (Å²) in [5.74, 6) is 1.16. The second-order valence-corrected chi connectivity index (χ2v) is 8.07. The molecule has 31 heavy (non-hydrogen) atoms. The average Bonchev–Trinajstić information content (AvgIpc) is 3.37. The Kier molecular flexibility index (Phi) is 4.69. The second-order valence-electron chi connectivity index (χ2n) is 8.07. The molecule has 3 N–H and O–H groups in total. The Morgan fingerprint density at radius 1 is 1.35 bits per heavy atom. The van der Waals surface area contributed by atoms with E-state index in [2.05, 4.69) is 27.6 Å². The Hall–Kier alpha value is -3.68. The highest BCUT2D eigenvalue weighted by Crippen LogP contribution is 2.29. The molecule has 1 saturated carbocycles. The number of nitrogens with zero attached hydrogens (tertiary/aromatic N) is 3. The quantitative estimate of drug-likeness (QED) is 0.563. The fourth-order valence-electron chi connectivity index (χ4n) is 3.67. The Balaban J connectivity index is 1.53. The van der Waals surface area contributed by atoms with Crippen molar-refractivity contribution >= 4 is 29.3 Å². The number of rotatable bonds is 6. The lowest BCUT2D eigenvalue weighted by atomic mass is 10.1. The van der Waals surface area contributed by atoms with Gasteiger partial charge in [-0.05, 0) is 49.1 Å². The zero-order chi connectivity index (χ0) is 21.5. The van der Waals surface area contributed by atoms with Crippen LogP contribution in [0.1, 0.15) is 43.4 Å². The van der Waals surface area contributed by atoms with Crippen molar-refractivity contribution in [3.05, 3.63) is 71.3 Å². The molecule has 1 aromatic carbocycles. The molecule has 1 unspecified atom stereocenters. The van der Waals surface area contributed by atoms with Gasteiger partial charge in [-0.2, -0.15) is 9.61 Å². The largest absolute Gasteiger partial charge is 0.367 e. The van der Waals surface area contributed by atoms with Gasteiger partial charge in [0.05, 0.1) is 18.7 Å². The third-order valence-corrected chi connectivity index (χ3v) is 5.50. The average molecular weight is 418 g/mol. The molecule has 0 radical (unpaired) electrons. The van der Waals surface area contributed by atoms with E-state index in [1.165, 1.54) is 12.1 Å². The third-order valence-electron chi connectivity index (χ3n) is 5.50. The number of hydrogen-bond acceptors (Lipinski definition) is 5. The third kappa shape index (κ3) is 4.01. The highest BCUT2D eigenvalue weighted by molar-refractivity contribution is 5.89. The summed E-state index contributed by atoms with van der Waals surface area (Å²) < 4.78 is 15.4. The summed E-state index contributed by atoms with van der Waals surface area (Å²) in [6.07, 6.45) is 6.17. The van der Waals surface area contributed by atoms with Crippen molar-refractivity contribution in [1.29, 1.82) is 0 Å². The van der Waals surface area contributed by atoms with E-state index in [1.54, 1.807) is 16.8 Å². The van der Waals surface area contributed by atoms with E-state index in [4.69, 9.17) is 4.98 Å². The van der Waals surface area contributed by atoms with Crippen molar-refractivity contribution < 1.29 is 9.18 Å². The van der Waals surface area contributed by atoms with Gasteiger partial charge in [0.25, 0.3) is 0 Å². The van der Waals surface area contributed by atoms with Crippen molar-refractivity contribution in [3.63, 3.8) is 0 Å². The molecule has 158 valence electrons. The molecular formula is C23H23FN6O. The van der Waals surface area contributed by atoms with Crippen LogP contribution in [0.2, 0.25) is 0 Å². The number of fused-ring (bicyclic) bond motifs is 1. The van der Waals surface area contributed by atoms with E-state index < -0.39 is 0 Å². The molecule has 0 bridgehead atoms. The van der Waals surface area contributed by atoms with Gasteiger partial charge in [0.2, 0.25) is 5.91 Å². The van der Waals surface area contributed by atoms with Crippen molar-refractivity contribution in [2.75, 3.05) is 10.6 Å². The fraction of sp³-hybridized carbons (Fsp3) is 0.261. The van der Waals surface area contributed by atoms with E-state index in [0.717, 1.165) is 35.4 Å². The van der Waals surface area contributed by atoms with E-state index in [-0.39, 0.29) is 24.2 Å². The van der Waals surface area contributed by atoms with Crippen LogP contribution in [0.3, 0.4) is 0 Å². The maximum atomic E-state index is 13.6. The molecule has 3 aromatic rings. The number of allylic oxidation sites excluding steroid dienone is 1. The van der Waals surface area contributed by atoms with Crippen LogP contribution >= 0.6 is 0 Å². The van der Waals surface area contributed by atoms with Crippen LogP contribution < -0.4 is 16.0 Å². The predicted molar refractivity (Wildman–Crippen MR) is 118 cm³/mol. The minimum atomic E-state index is -0.268. The van der Waals surface area contributed by atoms with Gasteiger partial charge >= 0.3 is 0 Å². The van der Waals surface area contributed by atoms with E-state index >= 15 is 0 Å². The monoisotopic (exact) mass is 418 g/mol. The summed E-state index contributed by atoms with van der Waals surface area (Å²) in [5.41, 5.74) is 3.73. The standard InChI is InChI=1S/C23H23FN6O/c1-13(15-4-3-5-18(24)9-15)26-20-11-21(28-19-6-7-19)30-23(29-20)17(12-25-30)8-16-10-22(31)27-14(16)2/h3-5,8-9,11-13,19,28H,2,6-7,10H2,1H3,(H,26,29)(H,27,31)/b16-8+. The van der Waals surface area contributed by atoms with Gasteiger partial charge in [0, 0.05) is 23.4 Å². The molecule has 5 rings (SSSR count). The first kappa shape index (κ1) is 19.3. The normalized spacial score (nSPS) is 18.5. The molecule has 1 atom stereocenters. The summed E-state index contributed by atoms with van der Waals surface area (Å²) in [4.78, 5) is 16.5. The summed E-state index contributed by atoms with van der Waals surface area (Å²) in [6, 6.07) is 8.74. The zero-order valence-electron chi connectivity index (χ0n) is 17.2. The molecule has 1 amide bonds. The summed E-state index contributed by atoms with van der Waals surface area (Å²) >= 11 is 0. The number of nitrogens with one attached hydrogen (secondary N) is 3. The molecule has 3 heterocycles. The fourth-order valence-corrected chi connectivity index (χ4v) is 3.67. The van der Waals surface area contributed by atoms with Crippen LogP contribution in [0.25, 0.3) is 11.7 Å². The number of anilines is 2. The maximum absolute atomic E-state index is 13.6. The SMILES string of the molecule is C=C1NC(=O)C/C1=C\c1cnn2c(NC3CC3)cc(NC(C)c3cccc(F)c3)nc12.